The van der Waals surface area contributed by atoms with Gasteiger partial charge in [-0.05, 0) is 56.9 Å². The van der Waals surface area contributed by atoms with Crippen molar-refractivity contribution in [2.24, 2.45) is 0 Å². The summed E-state index contributed by atoms with van der Waals surface area (Å²) in [6.07, 6.45) is 0. The number of likely N-dealkylation sites (N-methyl/N-ethyl adjacent to an activating group) is 1. The van der Waals surface area contributed by atoms with E-state index in [4.69, 9.17) is 21.1 Å². The lowest BCUT2D eigenvalue weighted by molar-refractivity contribution is -0.140. The first kappa shape index (κ1) is 24.4. The monoisotopic (exact) mass is 474 g/mol. The summed E-state index contributed by atoms with van der Waals surface area (Å²) in [4.78, 5) is 29.5. The first-order valence-corrected chi connectivity index (χ1v) is 10.8. The van der Waals surface area contributed by atoms with Gasteiger partial charge < -0.3 is 29.5 Å². The van der Waals surface area contributed by atoms with Gasteiger partial charge in [0.2, 0.25) is 0 Å². The Morgan fingerprint density at radius 3 is 2.52 bits per heavy atom. The van der Waals surface area contributed by atoms with E-state index in [0.717, 1.165) is 0 Å². The molecule has 1 atom stereocenters. The standard InChI is InChI=1S/C24H27ClN2O6/c1-5-33-19-12-14(6-8-17(19)28)21-20(23(30)24(31)27(21)11-10-26(2)3)22(29)16-13-15(25)7-9-18(16)32-4/h6-9,12-13,21,28-29H,5,10-11H2,1-4H3/b22-20+. The number of hydrogen-bond acceptors (Lipinski definition) is 7. The number of amides is 1. The number of phenolic OH excluding ortho intramolecular Hbond substituents is 1. The fourth-order valence-corrected chi connectivity index (χ4v) is 3.92. The first-order chi connectivity index (χ1) is 15.7. The number of methoxy groups -OCH3 is 1. The van der Waals surface area contributed by atoms with Crippen LogP contribution >= 0.6 is 11.6 Å². The second kappa shape index (κ2) is 10.1. The number of Topliss-reactive ketones (excluding diaryl/α,β-unsaturated/α-hetero) is 1. The normalized spacial score (nSPS) is 17.6. The third-order valence-corrected chi connectivity index (χ3v) is 5.58. The topological polar surface area (TPSA) is 99.5 Å². The van der Waals surface area contributed by atoms with Gasteiger partial charge in [0.05, 0.1) is 30.9 Å². The van der Waals surface area contributed by atoms with Crippen molar-refractivity contribution in [3.05, 3.63) is 58.1 Å². The van der Waals surface area contributed by atoms with Gasteiger partial charge in [-0.3, -0.25) is 9.59 Å². The number of carbonyl (C=O) groups is 2. The number of aromatic hydroxyl groups is 1. The van der Waals surface area contributed by atoms with Crippen LogP contribution in [-0.4, -0.2) is 72.6 Å². The first-order valence-electron chi connectivity index (χ1n) is 10.4. The highest BCUT2D eigenvalue weighted by Gasteiger charge is 2.46. The third-order valence-electron chi connectivity index (χ3n) is 5.34. The van der Waals surface area contributed by atoms with Gasteiger partial charge in [-0.15, -0.1) is 0 Å². The van der Waals surface area contributed by atoms with E-state index >= 15 is 0 Å². The van der Waals surface area contributed by atoms with Crippen LogP contribution in [-0.2, 0) is 9.59 Å². The SMILES string of the molecule is CCOc1cc(C2/C(=C(\O)c3cc(Cl)ccc3OC)C(=O)C(=O)N2CCN(C)C)ccc1O. The van der Waals surface area contributed by atoms with Crippen LogP contribution in [0.25, 0.3) is 5.76 Å². The Balaban J connectivity index is 2.24. The summed E-state index contributed by atoms with van der Waals surface area (Å²) in [6, 6.07) is 8.35. The predicted molar refractivity (Wildman–Crippen MR) is 125 cm³/mol. The van der Waals surface area contributed by atoms with Crippen LogP contribution in [0.5, 0.6) is 17.2 Å². The number of ether oxygens (including phenoxy) is 2. The molecular weight excluding hydrogens is 448 g/mol. The highest BCUT2D eigenvalue weighted by Crippen LogP contribution is 2.43. The molecule has 1 aliphatic rings. The van der Waals surface area contributed by atoms with E-state index in [0.29, 0.717) is 29.5 Å². The molecule has 176 valence electrons. The number of ketones is 1. The van der Waals surface area contributed by atoms with E-state index in [1.54, 1.807) is 31.2 Å². The predicted octanol–water partition coefficient (Wildman–Crippen LogP) is 3.44. The molecule has 0 aromatic heterocycles. The largest absolute Gasteiger partial charge is 0.507 e. The molecule has 0 bridgehead atoms. The summed E-state index contributed by atoms with van der Waals surface area (Å²) in [5.41, 5.74) is 0.619. The van der Waals surface area contributed by atoms with Crippen LogP contribution in [0, 0.1) is 0 Å². The Morgan fingerprint density at radius 1 is 1.15 bits per heavy atom. The van der Waals surface area contributed by atoms with Crippen LogP contribution < -0.4 is 9.47 Å². The molecule has 2 N–H and O–H groups in total. The second-order valence-corrected chi connectivity index (χ2v) is 8.24. The van der Waals surface area contributed by atoms with Crippen molar-refractivity contribution in [3.8, 4) is 17.2 Å². The van der Waals surface area contributed by atoms with Crippen LogP contribution in [0.4, 0.5) is 0 Å². The Morgan fingerprint density at radius 2 is 1.88 bits per heavy atom. The molecule has 1 saturated heterocycles. The number of phenols is 1. The van der Waals surface area contributed by atoms with E-state index in [9.17, 15) is 19.8 Å². The number of carbonyl (C=O) groups excluding carboxylic acids is 2. The molecule has 0 aliphatic carbocycles. The van der Waals surface area contributed by atoms with Crippen molar-refractivity contribution < 1.29 is 29.3 Å². The Labute approximate surface area is 197 Å². The van der Waals surface area contributed by atoms with Crippen molar-refractivity contribution in [2.45, 2.75) is 13.0 Å². The van der Waals surface area contributed by atoms with Crippen molar-refractivity contribution >= 4 is 29.1 Å². The number of aliphatic hydroxyl groups is 1. The molecule has 1 amide bonds. The molecule has 33 heavy (non-hydrogen) atoms. The summed E-state index contributed by atoms with van der Waals surface area (Å²) < 4.78 is 10.8. The van der Waals surface area contributed by atoms with Gasteiger partial charge in [0.1, 0.15) is 11.5 Å². The number of halogens is 1. The summed E-state index contributed by atoms with van der Waals surface area (Å²) in [5, 5.41) is 21.7. The van der Waals surface area contributed by atoms with Crippen molar-refractivity contribution in [1.82, 2.24) is 9.80 Å². The number of likely N-dealkylation sites (tertiary alicyclic amines) is 1. The molecule has 0 radical (unpaired) electrons. The molecule has 2 aromatic carbocycles. The summed E-state index contributed by atoms with van der Waals surface area (Å²) in [5.74, 6) is -1.48. The number of aliphatic hydroxyl groups excluding tert-OH is 1. The van der Waals surface area contributed by atoms with E-state index < -0.39 is 23.5 Å². The maximum absolute atomic E-state index is 13.1. The average molecular weight is 475 g/mol. The van der Waals surface area contributed by atoms with E-state index in [1.807, 2.05) is 19.0 Å². The summed E-state index contributed by atoms with van der Waals surface area (Å²) in [7, 11) is 5.15. The maximum atomic E-state index is 13.1. The van der Waals surface area contributed by atoms with Crippen LogP contribution in [0.2, 0.25) is 5.02 Å². The number of rotatable bonds is 8. The maximum Gasteiger partial charge on any atom is 0.295 e. The number of benzene rings is 2. The van der Waals surface area contributed by atoms with Crippen LogP contribution in [0.15, 0.2) is 42.0 Å². The molecular formula is C24H27ClN2O6. The molecule has 1 fully saturated rings. The minimum absolute atomic E-state index is 0.0673. The zero-order chi connectivity index (χ0) is 24.3. The summed E-state index contributed by atoms with van der Waals surface area (Å²) >= 11 is 6.13. The molecule has 1 unspecified atom stereocenters. The Kier molecular flexibility index (Phi) is 7.50. The van der Waals surface area contributed by atoms with Crippen molar-refractivity contribution in [3.63, 3.8) is 0 Å². The van der Waals surface area contributed by atoms with Gasteiger partial charge >= 0.3 is 0 Å². The van der Waals surface area contributed by atoms with Gasteiger partial charge in [0.15, 0.2) is 11.5 Å². The molecule has 1 heterocycles. The molecule has 9 heteroatoms. The van der Waals surface area contributed by atoms with Gasteiger partial charge in [-0.2, -0.15) is 0 Å². The molecule has 3 rings (SSSR count). The number of nitrogens with zero attached hydrogens (tertiary/aromatic N) is 2. The molecule has 2 aromatic rings. The van der Waals surface area contributed by atoms with Crippen LogP contribution in [0.3, 0.4) is 0 Å². The van der Waals surface area contributed by atoms with Gasteiger partial charge in [-0.25, -0.2) is 0 Å². The Hall–Kier alpha value is -3.23. The molecule has 0 spiro atoms. The lowest BCUT2D eigenvalue weighted by Gasteiger charge is -2.27. The van der Waals surface area contributed by atoms with Gasteiger partial charge in [0, 0.05) is 18.1 Å². The third kappa shape index (κ3) is 4.91. The van der Waals surface area contributed by atoms with Gasteiger partial charge in [0.25, 0.3) is 11.7 Å². The average Bonchev–Trinajstić information content (AvgIpc) is 3.03. The Bertz CT molecular complexity index is 1100. The lowest BCUT2D eigenvalue weighted by atomic mass is 9.94. The fourth-order valence-electron chi connectivity index (χ4n) is 3.75. The molecule has 8 nitrogen and oxygen atoms in total. The van der Waals surface area contributed by atoms with Crippen molar-refractivity contribution in [2.75, 3.05) is 40.9 Å². The van der Waals surface area contributed by atoms with E-state index in [-0.39, 0.29) is 29.2 Å². The highest BCUT2D eigenvalue weighted by atomic mass is 35.5. The van der Waals surface area contributed by atoms with Gasteiger partial charge in [-0.1, -0.05) is 17.7 Å². The smallest absolute Gasteiger partial charge is 0.295 e. The zero-order valence-electron chi connectivity index (χ0n) is 19.0. The highest BCUT2D eigenvalue weighted by molar-refractivity contribution is 6.46. The van der Waals surface area contributed by atoms with Crippen molar-refractivity contribution in [1.29, 1.82) is 0 Å². The zero-order valence-corrected chi connectivity index (χ0v) is 19.7. The van der Waals surface area contributed by atoms with E-state index in [2.05, 4.69) is 0 Å². The summed E-state index contributed by atoms with van der Waals surface area (Å²) in [6.45, 7) is 2.84. The minimum Gasteiger partial charge on any atom is -0.507 e. The second-order valence-electron chi connectivity index (χ2n) is 7.80. The number of hydrogen-bond donors (Lipinski definition) is 2. The molecule has 1 aliphatic heterocycles. The lowest BCUT2D eigenvalue weighted by Crippen LogP contribution is -2.35. The molecule has 0 saturated carbocycles. The van der Waals surface area contributed by atoms with Crippen LogP contribution in [0.1, 0.15) is 24.1 Å². The fraction of sp³-hybridized carbons (Fsp3) is 0.333. The minimum atomic E-state index is -0.895. The quantitative estimate of drug-likeness (QED) is 0.343. The van der Waals surface area contributed by atoms with E-state index in [1.165, 1.54) is 24.1 Å².